The van der Waals surface area contributed by atoms with Gasteiger partial charge in [0.15, 0.2) is 10.9 Å². The summed E-state index contributed by atoms with van der Waals surface area (Å²) in [7, 11) is 0. The Labute approximate surface area is 138 Å². The first-order valence-corrected chi connectivity index (χ1v) is 7.43. The van der Waals surface area contributed by atoms with Crippen molar-refractivity contribution < 1.29 is 4.42 Å². The lowest BCUT2D eigenvalue weighted by Crippen LogP contribution is -2.24. The third-order valence-corrected chi connectivity index (χ3v) is 4.03. The summed E-state index contributed by atoms with van der Waals surface area (Å²) in [4.78, 5) is 28.0. The van der Waals surface area contributed by atoms with Crippen LogP contribution >= 0.6 is 23.2 Å². The van der Waals surface area contributed by atoms with Gasteiger partial charge in [0.25, 0.3) is 5.56 Å². The summed E-state index contributed by atoms with van der Waals surface area (Å²) >= 11 is 11.8. The number of benzene rings is 2. The highest BCUT2D eigenvalue weighted by molar-refractivity contribution is 6.31. The Bertz CT molecular complexity index is 1220. The van der Waals surface area contributed by atoms with Gasteiger partial charge in [0, 0.05) is 10.0 Å². The van der Waals surface area contributed by atoms with E-state index >= 15 is 0 Å². The van der Waals surface area contributed by atoms with Crippen LogP contribution in [0, 0.1) is 10.8 Å². The predicted octanol–water partition coefficient (Wildman–Crippen LogP) is 3.30. The Hall–Kier alpha value is -2.50. The second-order valence-corrected chi connectivity index (χ2v) is 5.87. The monoisotopic (exact) mass is 346 g/mol. The van der Waals surface area contributed by atoms with Crippen molar-refractivity contribution in [1.82, 2.24) is 9.55 Å². The van der Waals surface area contributed by atoms with E-state index in [2.05, 4.69) is 4.98 Å². The fraction of sp³-hybridized carbons (Fsp3) is 0. The number of nitrogens with one attached hydrogen (secondary N) is 1. The maximum atomic E-state index is 12.6. The van der Waals surface area contributed by atoms with Gasteiger partial charge in [0.1, 0.15) is 0 Å². The molecular formula is C16H8Cl2N2O3. The molecule has 0 saturated heterocycles. The molecule has 4 rings (SSSR count). The zero-order valence-corrected chi connectivity index (χ0v) is 13.0. The number of hydrogen-bond donors (Lipinski definition) is 1. The average Bonchev–Trinajstić information content (AvgIpc) is 2.78. The van der Waals surface area contributed by atoms with Gasteiger partial charge in [0.2, 0.25) is 5.42 Å². The molecular weight excluding hydrogens is 339 g/mol. The van der Waals surface area contributed by atoms with E-state index in [1.165, 1.54) is 0 Å². The molecule has 5 nitrogen and oxygen atoms in total. The molecule has 1 N–H and O–H groups in total. The fourth-order valence-corrected chi connectivity index (χ4v) is 2.77. The molecule has 0 unspecified atom stereocenters. The van der Waals surface area contributed by atoms with E-state index in [1.54, 1.807) is 42.5 Å². The van der Waals surface area contributed by atoms with Crippen molar-refractivity contribution in [1.29, 1.82) is 0 Å². The van der Waals surface area contributed by atoms with Crippen LogP contribution in [-0.4, -0.2) is 9.55 Å². The Morgan fingerprint density at radius 3 is 2.35 bits per heavy atom. The highest BCUT2D eigenvalue weighted by Crippen LogP contribution is 2.17. The van der Waals surface area contributed by atoms with Gasteiger partial charge in [-0.1, -0.05) is 23.2 Å². The average molecular weight is 347 g/mol. The van der Waals surface area contributed by atoms with E-state index in [0.29, 0.717) is 26.8 Å². The van der Waals surface area contributed by atoms with Gasteiger partial charge < -0.3 is 9.40 Å². The normalized spacial score (nSPS) is 11.4. The number of aromatic amines is 1. The largest absolute Gasteiger partial charge is 0.447 e. The van der Waals surface area contributed by atoms with E-state index in [1.807, 2.05) is 0 Å². The highest BCUT2D eigenvalue weighted by Gasteiger charge is 2.15. The molecule has 7 heteroatoms. The summed E-state index contributed by atoms with van der Waals surface area (Å²) in [5, 5.41) is 1.11. The number of rotatable bonds is 1. The van der Waals surface area contributed by atoms with E-state index in [4.69, 9.17) is 27.6 Å². The van der Waals surface area contributed by atoms with E-state index < -0.39 is 11.1 Å². The van der Waals surface area contributed by atoms with Crippen LogP contribution in [0.1, 0.15) is 0 Å². The summed E-state index contributed by atoms with van der Waals surface area (Å²) in [6.07, 6.45) is 0. The zero-order valence-electron chi connectivity index (χ0n) is 11.5. The van der Waals surface area contributed by atoms with Crippen molar-refractivity contribution >= 4 is 34.3 Å². The van der Waals surface area contributed by atoms with Crippen LogP contribution in [0.2, 0.25) is 10.0 Å². The minimum absolute atomic E-state index is 0.0280. The van der Waals surface area contributed by atoms with Crippen LogP contribution < -0.4 is 11.1 Å². The van der Waals surface area contributed by atoms with Gasteiger partial charge in [-0.2, -0.15) is 0 Å². The first kappa shape index (κ1) is 14.1. The number of aromatic nitrogens is 2. The standard InChI is InChI=1S/C16H8Cl2N2O3/c17-8-1-4-10(5-2-8)20-15(21)13-14(16(20)22)23-12-6-3-9(18)7-11(12)19-13/h1-7,19H. The quantitative estimate of drug-likeness (QED) is 0.574. The third-order valence-electron chi connectivity index (χ3n) is 3.54. The minimum Gasteiger partial charge on any atom is -0.447 e. The molecule has 0 saturated carbocycles. The lowest BCUT2D eigenvalue weighted by Gasteiger charge is -1.99. The number of nitrogens with zero attached hydrogens (tertiary/aromatic N) is 1. The lowest BCUT2D eigenvalue weighted by molar-refractivity contribution is 0.556. The Morgan fingerprint density at radius 1 is 0.913 bits per heavy atom. The molecule has 0 spiro atoms. The van der Waals surface area contributed by atoms with Crippen LogP contribution in [0.15, 0.2) is 56.5 Å². The Morgan fingerprint density at radius 2 is 1.61 bits per heavy atom. The molecule has 0 bridgehead atoms. The van der Waals surface area contributed by atoms with Gasteiger partial charge in [-0.15, -0.1) is 0 Å². The van der Waals surface area contributed by atoms with Crippen molar-refractivity contribution in [2.24, 2.45) is 0 Å². The first-order valence-electron chi connectivity index (χ1n) is 6.67. The first-order chi connectivity index (χ1) is 11.0. The van der Waals surface area contributed by atoms with Crippen LogP contribution in [0.5, 0.6) is 0 Å². The molecule has 23 heavy (non-hydrogen) atoms. The molecule has 0 radical (unpaired) electrons. The molecule has 2 aliphatic rings. The summed E-state index contributed by atoms with van der Waals surface area (Å²) in [5.41, 5.74) is 0.354. The second-order valence-electron chi connectivity index (χ2n) is 4.99. The summed E-state index contributed by atoms with van der Waals surface area (Å²) < 4.78 is 6.63. The predicted molar refractivity (Wildman–Crippen MR) is 87.8 cm³/mol. The molecule has 2 heterocycles. The van der Waals surface area contributed by atoms with Crippen molar-refractivity contribution in [2.45, 2.75) is 0 Å². The fourth-order valence-electron chi connectivity index (χ4n) is 2.47. The summed E-state index contributed by atoms with van der Waals surface area (Å²) in [6.45, 7) is 0. The molecule has 2 aromatic carbocycles. The van der Waals surface area contributed by atoms with Gasteiger partial charge in [-0.3, -0.25) is 9.59 Å². The maximum absolute atomic E-state index is 12.6. The highest BCUT2D eigenvalue weighted by atomic mass is 35.5. The molecule has 0 atom stereocenters. The van der Waals surface area contributed by atoms with Gasteiger partial charge in [0.05, 0.1) is 11.2 Å². The third kappa shape index (κ3) is 2.17. The number of hydrogen-bond acceptors (Lipinski definition) is 3. The molecule has 0 aliphatic carbocycles. The number of halogens is 2. The van der Waals surface area contributed by atoms with Crippen LogP contribution in [-0.2, 0) is 0 Å². The molecule has 0 fully saturated rings. The summed E-state index contributed by atoms with van der Waals surface area (Å²) in [5.74, 6) is 0. The van der Waals surface area contributed by atoms with E-state index in [9.17, 15) is 9.59 Å². The zero-order chi connectivity index (χ0) is 16.1. The second kappa shape index (κ2) is 5.01. The molecule has 2 aromatic rings. The Kier molecular flexibility index (Phi) is 3.07. The van der Waals surface area contributed by atoms with Gasteiger partial charge in [-0.05, 0) is 42.5 Å². The Balaban J connectivity index is 2.12. The SMILES string of the molecule is O=c1c2[nH]c3cc(Cl)ccc3oc=2c(=O)n1-c1ccc(Cl)cc1. The lowest BCUT2D eigenvalue weighted by atomic mass is 10.3. The van der Waals surface area contributed by atoms with Crippen molar-refractivity contribution in [3.05, 3.63) is 84.0 Å². The van der Waals surface area contributed by atoms with Crippen LogP contribution in [0.25, 0.3) is 16.8 Å². The van der Waals surface area contributed by atoms with Gasteiger partial charge >= 0.3 is 5.56 Å². The molecule has 2 aliphatic heterocycles. The van der Waals surface area contributed by atoms with Crippen molar-refractivity contribution in [3.8, 4) is 5.69 Å². The molecule has 114 valence electrons. The summed E-state index contributed by atoms with van der Waals surface area (Å²) in [6, 6.07) is 11.3. The maximum Gasteiger partial charge on any atom is 0.303 e. The van der Waals surface area contributed by atoms with Crippen molar-refractivity contribution in [3.63, 3.8) is 0 Å². The number of H-pyrrole nitrogens is 1. The van der Waals surface area contributed by atoms with Crippen LogP contribution in [0.3, 0.4) is 0 Å². The van der Waals surface area contributed by atoms with Crippen LogP contribution in [0.4, 0.5) is 0 Å². The van der Waals surface area contributed by atoms with E-state index in [0.717, 1.165) is 4.57 Å². The number of fused-ring (bicyclic) bond motifs is 1. The smallest absolute Gasteiger partial charge is 0.303 e. The molecule has 0 amide bonds. The van der Waals surface area contributed by atoms with E-state index in [-0.39, 0.29) is 10.8 Å². The topological polar surface area (TPSA) is 68.0 Å². The minimum atomic E-state index is -0.527. The van der Waals surface area contributed by atoms with Gasteiger partial charge in [-0.25, -0.2) is 4.57 Å². The molecule has 0 aromatic heterocycles. The van der Waals surface area contributed by atoms with Crippen molar-refractivity contribution in [2.75, 3.05) is 0 Å².